The van der Waals surface area contributed by atoms with Crippen molar-refractivity contribution in [3.63, 3.8) is 0 Å². The molecule has 6 N–H and O–H groups in total. The van der Waals surface area contributed by atoms with Gasteiger partial charge in [-0.2, -0.15) is 0 Å². The van der Waals surface area contributed by atoms with E-state index in [-0.39, 0.29) is 12.3 Å². The summed E-state index contributed by atoms with van der Waals surface area (Å²) >= 11 is 0. The molecule has 0 spiro atoms. The van der Waals surface area contributed by atoms with Crippen molar-refractivity contribution in [3.05, 3.63) is 42.5 Å². The third-order valence-corrected chi connectivity index (χ3v) is 6.45. The zero-order chi connectivity index (χ0) is 26.1. The molecule has 0 bridgehead atoms. The summed E-state index contributed by atoms with van der Waals surface area (Å²) in [6, 6.07) is 7.29. The molecule has 15 nitrogen and oxygen atoms in total. The number of hydrogen-bond donors (Lipinski definition) is 6. The van der Waals surface area contributed by atoms with Gasteiger partial charge in [-0.1, -0.05) is 18.2 Å². The molecule has 196 valence electrons. The van der Waals surface area contributed by atoms with Gasteiger partial charge in [0.05, 0.1) is 19.5 Å². The van der Waals surface area contributed by atoms with Crippen LogP contribution in [0.15, 0.2) is 36.9 Å². The SMILES string of the molecule is O=P(O)(O)OCCCc1cccc(-c2ncnc3c2ncn3[C@@H]2O[C@H](COP(=O)(O)O)[C@@H](O)[C@H]2O)c1. The molecule has 0 radical (unpaired) electrons. The quantitative estimate of drug-likeness (QED) is 0.148. The smallest absolute Gasteiger partial charge is 0.387 e. The molecule has 0 amide bonds. The average molecular weight is 546 g/mol. The second-order valence-corrected chi connectivity index (χ2v) is 10.5. The fraction of sp³-hybridized carbons (Fsp3) is 0.421. The van der Waals surface area contributed by atoms with Crippen LogP contribution in [0.25, 0.3) is 22.4 Å². The highest BCUT2D eigenvalue weighted by Crippen LogP contribution is 2.39. The zero-order valence-electron chi connectivity index (χ0n) is 18.5. The third-order valence-electron chi connectivity index (χ3n) is 5.45. The number of benzene rings is 1. The lowest BCUT2D eigenvalue weighted by atomic mass is 10.0. The highest BCUT2D eigenvalue weighted by atomic mass is 31.2. The highest BCUT2D eigenvalue weighted by Gasteiger charge is 2.45. The van der Waals surface area contributed by atoms with Gasteiger partial charge in [-0.15, -0.1) is 0 Å². The number of imidazole rings is 1. The van der Waals surface area contributed by atoms with Gasteiger partial charge in [-0.3, -0.25) is 13.6 Å². The van der Waals surface area contributed by atoms with Crippen LogP contribution in [0.5, 0.6) is 0 Å². The summed E-state index contributed by atoms with van der Waals surface area (Å²) in [7, 11) is -9.31. The molecule has 3 heterocycles. The first-order chi connectivity index (χ1) is 16.9. The van der Waals surface area contributed by atoms with Gasteiger partial charge in [-0.25, -0.2) is 24.1 Å². The highest BCUT2D eigenvalue weighted by molar-refractivity contribution is 7.46. The number of aromatic nitrogens is 4. The molecule has 1 aliphatic heterocycles. The van der Waals surface area contributed by atoms with E-state index in [9.17, 15) is 19.3 Å². The first kappa shape index (κ1) is 26.9. The van der Waals surface area contributed by atoms with E-state index in [4.69, 9.17) is 24.3 Å². The van der Waals surface area contributed by atoms with Crippen LogP contribution in [-0.4, -0.2) is 80.8 Å². The van der Waals surface area contributed by atoms with Crippen molar-refractivity contribution < 1.29 is 52.7 Å². The molecular formula is C19H24N4O11P2. The van der Waals surface area contributed by atoms with Gasteiger partial charge < -0.3 is 34.5 Å². The van der Waals surface area contributed by atoms with Crippen molar-refractivity contribution >= 4 is 26.8 Å². The number of nitrogens with zero attached hydrogens (tertiary/aromatic N) is 4. The Morgan fingerprint density at radius 1 is 1.00 bits per heavy atom. The number of aliphatic hydroxyl groups excluding tert-OH is 2. The number of fused-ring (bicyclic) bond motifs is 1. The second-order valence-electron chi connectivity index (χ2n) is 8.01. The summed E-state index contributed by atoms with van der Waals surface area (Å²) in [5.74, 6) is 0. The number of hydrogen-bond acceptors (Lipinski definition) is 10. The molecule has 1 fully saturated rings. The minimum Gasteiger partial charge on any atom is -0.387 e. The van der Waals surface area contributed by atoms with Gasteiger partial charge in [0, 0.05) is 5.56 Å². The Kier molecular flexibility index (Phi) is 8.00. The maximum absolute atomic E-state index is 11.0. The molecule has 0 aliphatic carbocycles. The average Bonchev–Trinajstić information content (AvgIpc) is 3.35. The van der Waals surface area contributed by atoms with Gasteiger partial charge in [-0.05, 0) is 24.5 Å². The summed E-state index contributed by atoms with van der Waals surface area (Å²) in [5, 5.41) is 20.8. The van der Waals surface area contributed by atoms with Gasteiger partial charge in [0.1, 0.15) is 35.8 Å². The number of ether oxygens (including phenoxy) is 1. The monoisotopic (exact) mass is 546 g/mol. The fourth-order valence-electron chi connectivity index (χ4n) is 3.85. The summed E-state index contributed by atoms with van der Waals surface area (Å²) in [4.78, 5) is 48.2. The predicted octanol–water partition coefficient (Wildman–Crippen LogP) is 0.264. The van der Waals surface area contributed by atoms with Crippen LogP contribution in [0.3, 0.4) is 0 Å². The second kappa shape index (κ2) is 10.7. The Labute approximate surface area is 203 Å². The standard InChI is InChI=1S/C19H24N4O11P2/c24-16-13(8-33-36(29,30)31)34-19(17(16)25)23-10-22-15-14(20-9-21-18(15)23)12-5-1-3-11(7-12)4-2-6-32-35(26,27)28/h1,3,5,7,9-10,13,16-17,19,24-25H,2,4,6,8H2,(H2,26,27,28)(H2,29,30,31)/t13-,16-,17-,19-/m1/s1. The Morgan fingerprint density at radius 3 is 2.47 bits per heavy atom. The Bertz CT molecular complexity index is 1310. The van der Waals surface area contributed by atoms with Gasteiger partial charge in [0.15, 0.2) is 11.9 Å². The molecule has 1 saturated heterocycles. The molecule has 36 heavy (non-hydrogen) atoms. The lowest BCUT2D eigenvalue weighted by molar-refractivity contribution is -0.0504. The first-order valence-corrected chi connectivity index (χ1v) is 13.7. The van der Waals surface area contributed by atoms with Crippen molar-refractivity contribution in [2.24, 2.45) is 0 Å². The van der Waals surface area contributed by atoms with E-state index < -0.39 is 46.8 Å². The molecule has 4 atom stereocenters. The van der Waals surface area contributed by atoms with Crippen molar-refractivity contribution in [1.29, 1.82) is 0 Å². The van der Waals surface area contributed by atoms with Crippen LogP contribution in [-0.2, 0) is 29.3 Å². The fourth-order valence-corrected chi connectivity index (χ4v) is 4.56. The van der Waals surface area contributed by atoms with E-state index in [1.54, 1.807) is 12.1 Å². The molecular weight excluding hydrogens is 522 g/mol. The van der Waals surface area contributed by atoms with E-state index in [1.807, 2.05) is 12.1 Å². The summed E-state index contributed by atoms with van der Waals surface area (Å²) in [5.41, 5.74) is 2.70. The minimum atomic E-state index is -4.80. The molecule has 1 aliphatic rings. The zero-order valence-corrected chi connectivity index (χ0v) is 20.3. The van der Waals surface area contributed by atoms with E-state index in [2.05, 4.69) is 24.0 Å². The number of rotatable bonds is 10. The largest absolute Gasteiger partial charge is 0.469 e. The molecule has 2 aromatic heterocycles. The maximum Gasteiger partial charge on any atom is 0.469 e. The maximum atomic E-state index is 11.0. The number of phosphoric acid groups is 2. The molecule has 1 aromatic carbocycles. The Morgan fingerprint density at radius 2 is 1.75 bits per heavy atom. The molecule has 0 unspecified atom stereocenters. The lowest BCUT2D eigenvalue weighted by Gasteiger charge is -2.16. The van der Waals surface area contributed by atoms with Crippen molar-refractivity contribution in [2.75, 3.05) is 13.2 Å². The van der Waals surface area contributed by atoms with Crippen LogP contribution in [0, 0.1) is 0 Å². The lowest BCUT2D eigenvalue weighted by Crippen LogP contribution is -2.33. The van der Waals surface area contributed by atoms with Crippen LogP contribution in [0.4, 0.5) is 0 Å². The number of phosphoric ester groups is 2. The van der Waals surface area contributed by atoms with E-state index in [1.165, 1.54) is 17.2 Å². The van der Waals surface area contributed by atoms with Crippen molar-refractivity contribution in [2.45, 2.75) is 37.4 Å². The Balaban J connectivity index is 1.54. The van der Waals surface area contributed by atoms with Crippen molar-refractivity contribution in [1.82, 2.24) is 19.5 Å². The van der Waals surface area contributed by atoms with Crippen LogP contribution in [0.2, 0.25) is 0 Å². The molecule has 4 rings (SSSR count). The normalized spacial score (nSPS) is 22.9. The number of aryl methyl sites for hydroxylation is 1. The first-order valence-electron chi connectivity index (χ1n) is 10.6. The summed E-state index contributed by atoms with van der Waals surface area (Å²) in [6.07, 6.45) is -1.78. The topological polar surface area (TPSA) is 227 Å². The van der Waals surface area contributed by atoms with Crippen molar-refractivity contribution in [3.8, 4) is 11.3 Å². The van der Waals surface area contributed by atoms with E-state index in [0.29, 0.717) is 29.6 Å². The van der Waals surface area contributed by atoms with E-state index in [0.717, 1.165) is 5.56 Å². The van der Waals surface area contributed by atoms with E-state index >= 15 is 0 Å². The molecule has 0 saturated carbocycles. The van der Waals surface area contributed by atoms with Gasteiger partial charge in [0.2, 0.25) is 0 Å². The Hall–Kier alpha value is -2.13. The third kappa shape index (κ3) is 6.40. The predicted molar refractivity (Wildman–Crippen MR) is 121 cm³/mol. The minimum absolute atomic E-state index is 0.105. The molecule has 17 heteroatoms. The summed E-state index contributed by atoms with van der Waals surface area (Å²) < 4.78 is 37.6. The van der Waals surface area contributed by atoms with Crippen LogP contribution < -0.4 is 0 Å². The van der Waals surface area contributed by atoms with Gasteiger partial charge in [0.25, 0.3) is 0 Å². The van der Waals surface area contributed by atoms with Crippen LogP contribution >= 0.6 is 15.6 Å². The van der Waals surface area contributed by atoms with Gasteiger partial charge >= 0.3 is 15.6 Å². The summed E-state index contributed by atoms with van der Waals surface area (Å²) in [6.45, 7) is -0.746. The number of aliphatic hydroxyl groups is 2. The van der Waals surface area contributed by atoms with Crippen LogP contribution in [0.1, 0.15) is 18.2 Å². The molecule has 3 aromatic rings.